The van der Waals surface area contributed by atoms with Gasteiger partial charge in [-0.2, -0.15) is 0 Å². The summed E-state index contributed by atoms with van der Waals surface area (Å²) in [7, 11) is 0. The molecule has 0 radical (unpaired) electrons. The molecule has 0 aromatic carbocycles. The lowest BCUT2D eigenvalue weighted by Crippen LogP contribution is -2.34. The lowest BCUT2D eigenvalue weighted by molar-refractivity contribution is 0.0763. The first-order valence-corrected chi connectivity index (χ1v) is 7.51. The van der Waals surface area contributed by atoms with Crippen molar-refractivity contribution in [1.29, 1.82) is 0 Å². The van der Waals surface area contributed by atoms with E-state index in [9.17, 15) is 4.79 Å². The van der Waals surface area contributed by atoms with Gasteiger partial charge < -0.3 is 4.90 Å². The van der Waals surface area contributed by atoms with Crippen molar-refractivity contribution in [2.75, 3.05) is 18.4 Å². The van der Waals surface area contributed by atoms with Gasteiger partial charge in [-0.3, -0.25) is 9.78 Å². The molecular formula is C14H21BrN2O. The maximum absolute atomic E-state index is 12.4. The number of amides is 1. The number of unbranched alkanes of at least 4 members (excludes halogenated alkanes) is 1. The Morgan fingerprint density at radius 2 is 2.06 bits per heavy atom. The Kier molecular flexibility index (Phi) is 6.33. The minimum Gasteiger partial charge on any atom is -0.338 e. The summed E-state index contributed by atoms with van der Waals surface area (Å²) in [6, 6.07) is 3.78. The lowest BCUT2D eigenvalue weighted by Gasteiger charge is -2.22. The van der Waals surface area contributed by atoms with Crippen LogP contribution in [0.5, 0.6) is 0 Å². The summed E-state index contributed by atoms with van der Waals surface area (Å²) in [6.45, 7) is 7.52. The molecule has 3 nitrogen and oxygen atoms in total. The summed E-state index contributed by atoms with van der Waals surface area (Å²) in [4.78, 5) is 18.7. The zero-order valence-corrected chi connectivity index (χ0v) is 13.0. The molecule has 0 saturated heterocycles. The van der Waals surface area contributed by atoms with Crippen molar-refractivity contribution < 1.29 is 4.79 Å². The number of carbonyl (C=O) groups excluding carboxylic acids is 1. The number of carbonyl (C=O) groups is 1. The first kappa shape index (κ1) is 15.2. The van der Waals surface area contributed by atoms with E-state index in [1.165, 1.54) is 0 Å². The molecule has 0 aliphatic rings. The summed E-state index contributed by atoms with van der Waals surface area (Å²) in [5, 5.41) is 0.806. The van der Waals surface area contributed by atoms with Crippen molar-refractivity contribution >= 4 is 21.8 Å². The van der Waals surface area contributed by atoms with Crippen LogP contribution in [0.25, 0.3) is 0 Å². The van der Waals surface area contributed by atoms with Crippen LogP contribution in [-0.4, -0.2) is 34.2 Å². The summed E-state index contributed by atoms with van der Waals surface area (Å²) in [6.07, 6.45) is 2.13. The normalized spacial score (nSPS) is 10.4. The van der Waals surface area contributed by atoms with E-state index in [0.29, 0.717) is 0 Å². The van der Waals surface area contributed by atoms with Gasteiger partial charge in [0.05, 0.1) is 11.3 Å². The van der Waals surface area contributed by atoms with Gasteiger partial charge in [0.1, 0.15) is 0 Å². The van der Waals surface area contributed by atoms with Crippen LogP contribution in [0.3, 0.4) is 0 Å². The average Bonchev–Trinajstić information content (AvgIpc) is 2.33. The van der Waals surface area contributed by atoms with E-state index in [2.05, 4.69) is 27.8 Å². The first-order chi connectivity index (χ1) is 8.60. The third-order valence-electron chi connectivity index (χ3n) is 2.88. The van der Waals surface area contributed by atoms with Gasteiger partial charge in [0.25, 0.3) is 5.91 Å². The predicted octanol–water partition coefficient (Wildman–Crippen LogP) is 3.34. The Morgan fingerprint density at radius 1 is 1.33 bits per heavy atom. The number of hydrogen-bond donors (Lipinski definition) is 0. The summed E-state index contributed by atoms with van der Waals surface area (Å²) < 4.78 is 0. The largest absolute Gasteiger partial charge is 0.338 e. The number of pyridine rings is 1. The molecule has 1 aromatic heterocycles. The second kappa shape index (κ2) is 7.52. The Labute approximate surface area is 118 Å². The van der Waals surface area contributed by atoms with E-state index in [0.717, 1.165) is 48.2 Å². The Hall–Kier alpha value is -0.900. The zero-order valence-electron chi connectivity index (χ0n) is 11.4. The van der Waals surface area contributed by atoms with E-state index < -0.39 is 0 Å². The van der Waals surface area contributed by atoms with Crippen molar-refractivity contribution in [3.63, 3.8) is 0 Å². The zero-order chi connectivity index (χ0) is 13.5. The maximum Gasteiger partial charge on any atom is 0.255 e. The van der Waals surface area contributed by atoms with Gasteiger partial charge in [-0.25, -0.2) is 0 Å². The second-order valence-electron chi connectivity index (χ2n) is 4.42. The Morgan fingerprint density at radius 3 is 2.61 bits per heavy atom. The minimum atomic E-state index is 0.0906. The van der Waals surface area contributed by atoms with Crippen molar-refractivity contribution in [3.05, 3.63) is 29.1 Å². The SMILES string of the molecule is CCCCN(CCBr)C(=O)c1ccc(C)nc1C. The number of hydrogen-bond acceptors (Lipinski definition) is 2. The second-order valence-corrected chi connectivity index (χ2v) is 5.21. The number of rotatable bonds is 6. The number of aryl methyl sites for hydroxylation is 2. The highest BCUT2D eigenvalue weighted by Gasteiger charge is 2.17. The number of alkyl halides is 1. The molecule has 0 N–H and O–H groups in total. The van der Waals surface area contributed by atoms with Gasteiger partial charge in [-0.15, -0.1) is 0 Å². The summed E-state index contributed by atoms with van der Waals surface area (Å²) in [5.74, 6) is 0.0906. The average molecular weight is 313 g/mol. The van der Waals surface area contributed by atoms with Crippen LogP contribution in [0.4, 0.5) is 0 Å². The first-order valence-electron chi connectivity index (χ1n) is 6.39. The number of aromatic nitrogens is 1. The van der Waals surface area contributed by atoms with Crippen molar-refractivity contribution in [2.45, 2.75) is 33.6 Å². The summed E-state index contributed by atoms with van der Waals surface area (Å²) >= 11 is 3.40. The number of halogens is 1. The third kappa shape index (κ3) is 4.09. The van der Waals surface area contributed by atoms with E-state index in [-0.39, 0.29) is 5.91 Å². The van der Waals surface area contributed by atoms with E-state index in [1.807, 2.05) is 30.9 Å². The predicted molar refractivity (Wildman–Crippen MR) is 78.3 cm³/mol. The van der Waals surface area contributed by atoms with E-state index >= 15 is 0 Å². The Balaban J connectivity index is 2.87. The fourth-order valence-electron chi connectivity index (χ4n) is 1.85. The lowest BCUT2D eigenvalue weighted by atomic mass is 10.1. The van der Waals surface area contributed by atoms with Gasteiger partial charge in [-0.1, -0.05) is 29.3 Å². The molecular weight excluding hydrogens is 292 g/mol. The third-order valence-corrected chi connectivity index (χ3v) is 3.23. The monoisotopic (exact) mass is 312 g/mol. The minimum absolute atomic E-state index is 0.0906. The van der Waals surface area contributed by atoms with Gasteiger partial charge in [0, 0.05) is 24.1 Å². The molecule has 18 heavy (non-hydrogen) atoms. The van der Waals surface area contributed by atoms with Gasteiger partial charge in [0.2, 0.25) is 0 Å². The smallest absolute Gasteiger partial charge is 0.255 e. The molecule has 4 heteroatoms. The molecule has 0 spiro atoms. The fraction of sp³-hybridized carbons (Fsp3) is 0.571. The highest BCUT2D eigenvalue weighted by atomic mass is 79.9. The molecule has 0 aliphatic heterocycles. The molecule has 0 atom stereocenters. The highest BCUT2D eigenvalue weighted by molar-refractivity contribution is 9.09. The molecule has 1 rings (SSSR count). The molecule has 0 unspecified atom stereocenters. The highest BCUT2D eigenvalue weighted by Crippen LogP contribution is 2.11. The fourth-order valence-corrected chi connectivity index (χ4v) is 2.28. The van der Waals surface area contributed by atoms with Crippen LogP contribution >= 0.6 is 15.9 Å². The van der Waals surface area contributed by atoms with E-state index in [4.69, 9.17) is 0 Å². The molecule has 0 saturated carbocycles. The van der Waals surface area contributed by atoms with Gasteiger partial charge in [0.15, 0.2) is 0 Å². The van der Waals surface area contributed by atoms with Crippen molar-refractivity contribution in [1.82, 2.24) is 9.88 Å². The van der Waals surface area contributed by atoms with E-state index in [1.54, 1.807) is 0 Å². The van der Waals surface area contributed by atoms with Crippen LogP contribution in [0.15, 0.2) is 12.1 Å². The molecule has 1 amide bonds. The maximum atomic E-state index is 12.4. The molecule has 100 valence electrons. The van der Waals surface area contributed by atoms with Gasteiger partial charge >= 0.3 is 0 Å². The molecule has 0 aliphatic carbocycles. The topological polar surface area (TPSA) is 33.2 Å². The Bertz CT molecular complexity index is 407. The van der Waals surface area contributed by atoms with Crippen LogP contribution in [-0.2, 0) is 0 Å². The number of nitrogens with zero attached hydrogens (tertiary/aromatic N) is 2. The standard InChI is InChI=1S/C14H21BrN2O/c1-4-5-9-17(10-8-15)14(18)13-7-6-11(2)16-12(13)3/h6-7H,4-5,8-10H2,1-3H3. The molecule has 1 heterocycles. The van der Waals surface area contributed by atoms with Gasteiger partial charge in [-0.05, 0) is 32.4 Å². The van der Waals surface area contributed by atoms with Crippen LogP contribution in [0, 0.1) is 13.8 Å². The quantitative estimate of drug-likeness (QED) is 0.755. The van der Waals surface area contributed by atoms with Crippen LogP contribution in [0.2, 0.25) is 0 Å². The van der Waals surface area contributed by atoms with Crippen LogP contribution < -0.4 is 0 Å². The van der Waals surface area contributed by atoms with Crippen LogP contribution in [0.1, 0.15) is 41.5 Å². The van der Waals surface area contributed by atoms with Crippen molar-refractivity contribution in [3.8, 4) is 0 Å². The molecule has 1 aromatic rings. The molecule has 0 fully saturated rings. The van der Waals surface area contributed by atoms with Crippen molar-refractivity contribution in [2.24, 2.45) is 0 Å². The summed E-state index contributed by atoms with van der Waals surface area (Å²) in [5.41, 5.74) is 2.48. The molecule has 0 bridgehead atoms.